The number of aromatic amines is 1. The molecular formula is C14H16IN3O. The number of aromatic nitrogens is 2. The van der Waals surface area contributed by atoms with E-state index in [-0.39, 0.29) is 9.33 Å². The molecule has 0 saturated carbocycles. The van der Waals surface area contributed by atoms with Crippen LogP contribution >= 0.6 is 22.6 Å². The summed E-state index contributed by atoms with van der Waals surface area (Å²) in [6.45, 7) is 2.59. The van der Waals surface area contributed by atoms with Crippen LogP contribution in [0.15, 0.2) is 18.3 Å². The van der Waals surface area contributed by atoms with Gasteiger partial charge in [0, 0.05) is 24.5 Å². The highest BCUT2D eigenvalue weighted by atomic mass is 127. The van der Waals surface area contributed by atoms with Crippen molar-refractivity contribution in [3.8, 4) is 0 Å². The van der Waals surface area contributed by atoms with Crippen LogP contribution in [-0.2, 0) is 14.8 Å². The lowest BCUT2D eigenvalue weighted by atomic mass is 9.96. The first-order chi connectivity index (χ1) is 9.10. The fourth-order valence-corrected chi connectivity index (χ4v) is 3.71. The van der Waals surface area contributed by atoms with E-state index in [1.165, 1.54) is 16.6 Å². The number of pyridine rings is 1. The fourth-order valence-electron chi connectivity index (χ4n) is 2.71. The van der Waals surface area contributed by atoms with E-state index in [0.717, 1.165) is 25.0 Å². The Morgan fingerprint density at radius 3 is 3.21 bits per heavy atom. The maximum absolute atomic E-state index is 11.3. The summed E-state index contributed by atoms with van der Waals surface area (Å²) in [7, 11) is 0. The number of Topliss-reactive ketones (excluding diaryl/α,β-unsaturated/α-hetero) is 1. The summed E-state index contributed by atoms with van der Waals surface area (Å²) in [6.07, 6.45) is 4.22. The van der Waals surface area contributed by atoms with Gasteiger partial charge in [-0.25, -0.2) is 4.98 Å². The number of H-pyrrole nitrogens is 1. The van der Waals surface area contributed by atoms with Gasteiger partial charge in [0.15, 0.2) is 0 Å². The maximum atomic E-state index is 11.3. The van der Waals surface area contributed by atoms with Gasteiger partial charge in [-0.3, -0.25) is 5.32 Å². The Kier molecular flexibility index (Phi) is 3.34. The van der Waals surface area contributed by atoms with Gasteiger partial charge in [0.1, 0.15) is 15.0 Å². The van der Waals surface area contributed by atoms with E-state index in [4.69, 9.17) is 0 Å². The van der Waals surface area contributed by atoms with E-state index in [9.17, 15) is 4.79 Å². The van der Waals surface area contributed by atoms with Crippen molar-refractivity contribution in [3.63, 3.8) is 0 Å². The molecule has 2 N–H and O–H groups in total. The number of ketones is 1. The van der Waals surface area contributed by atoms with Crippen molar-refractivity contribution in [3.05, 3.63) is 29.6 Å². The van der Waals surface area contributed by atoms with Gasteiger partial charge in [-0.15, -0.1) is 0 Å². The summed E-state index contributed by atoms with van der Waals surface area (Å²) in [5.41, 5.74) is 3.48. The van der Waals surface area contributed by atoms with Crippen LogP contribution in [-0.4, -0.2) is 22.3 Å². The van der Waals surface area contributed by atoms with Crippen molar-refractivity contribution in [1.82, 2.24) is 15.3 Å². The molecule has 0 saturated heterocycles. The van der Waals surface area contributed by atoms with Gasteiger partial charge in [-0.2, -0.15) is 0 Å². The van der Waals surface area contributed by atoms with Gasteiger partial charge in [0.25, 0.3) is 0 Å². The highest BCUT2D eigenvalue weighted by Crippen LogP contribution is 2.40. The number of halogens is 1. The van der Waals surface area contributed by atoms with E-state index in [0.29, 0.717) is 6.42 Å². The van der Waals surface area contributed by atoms with Gasteiger partial charge in [0.05, 0.1) is 5.69 Å². The summed E-state index contributed by atoms with van der Waals surface area (Å²) in [6, 6.07) is 4.09. The highest BCUT2D eigenvalue weighted by molar-refractivity contribution is 14.1. The minimum absolute atomic E-state index is 0.183. The van der Waals surface area contributed by atoms with E-state index in [1.807, 2.05) is 12.3 Å². The molecule has 0 aliphatic carbocycles. The zero-order valence-corrected chi connectivity index (χ0v) is 13.0. The van der Waals surface area contributed by atoms with Crippen molar-refractivity contribution in [2.24, 2.45) is 0 Å². The number of hydrogen-bond donors (Lipinski definition) is 2. The zero-order valence-electron chi connectivity index (χ0n) is 10.8. The highest BCUT2D eigenvalue weighted by Gasteiger charge is 2.36. The quantitative estimate of drug-likeness (QED) is 0.497. The normalized spacial score (nSPS) is 22.4. The molecule has 4 nitrogen and oxygen atoms in total. The number of carbonyl (C=O) groups excluding carboxylic acids is 1. The SMILES string of the molecule is CC(=O)CCC1(I)NCCc2c1[nH]c1ncccc21. The van der Waals surface area contributed by atoms with Gasteiger partial charge in [0.2, 0.25) is 0 Å². The number of carbonyl (C=O) groups is 1. The third kappa shape index (κ3) is 2.29. The zero-order chi connectivity index (χ0) is 13.5. The van der Waals surface area contributed by atoms with Crippen LogP contribution in [0.1, 0.15) is 31.0 Å². The third-order valence-electron chi connectivity index (χ3n) is 3.68. The molecule has 1 aliphatic heterocycles. The van der Waals surface area contributed by atoms with Gasteiger partial charge >= 0.3 is 0 Å². The van der Waals surface area contributed by atoms with Crippen molar-refractivity contribution in [2.45, 2.75) is 29.7 Å². The summed E-state index contributed by atoms with van der Waals surface area (Å²) in [5, 5.41) is 4.75. The standard InChI is InChI=1S/C14H16IN3O/c1-9(19)4-6-14(15)12-10(5-8-17-14)11-3-2-7-16-13(11)18-12/h2-3,7,17H,4-6,8H2,1H3,(H,16,18). The van der Waals surface area contributed by atoms with Crippen LogP contribution in [0.25, 0.3) is 11.0 Å². The Bertz CT molecular complexity index is 637. The molecule has 1 aliphatic rings. The Hall–Kier alpha value is -0.950. The lowest BCUT2D eigenvalue weighted by molar-refractivity contribution is -0.117. The van der Waals surface area contributed by atoms with Crippen LogP contribution in [0.3, 0.4) is 0 Å². The number of fused-ring (bicyclic) bond motifs is 3. The molecule has 1 atom stereocenters. The first-order valence-corrected chi connectivity index (χ1v) is 7.57. The molecule has 1 unspecified atom stereocenters. The van der Waals surface area contributed by atoms with Gasteiger partial charge in [-0.1, -0.05) is 22.6 Å². The molecule has 2 aromatic heterocycles. The maximum Gasteiger partial charge on any atom is 0.137 e. The van der Waals surface area contributed by atoms with Crippen LogP contribution in [0, 0.1) is 0 Å². The molecule has 100 valence electrons. The molecule has 0 spiro atoms. The van der Waals surface area contributed by atoms with Crippen LogP contribution < -0.4 is 5.32 Å². The molecule has 5 heteroatoms. The third-order valence-corrected chi connectivity index (χ3v) is 5.14. The van der Waals surface area contributed by atoms with Crippen molar-refractivity contribution >= 4 is 39.4 Å². The molecule has 2 aromatic rings. The molecule has 19 heavy (non-hydrogen) atoms. The Morgan fingerprint density at radius 2 is 2.42 bits per heavy atom. The molecule has 0 bridgehead atoms. The van der Waals surface area contributed by atoms with Crippen LogP contribution in [0.5, 0.6) is 0 Å². The smallest absolute Gasteiger partial charge is 0.137 e. The van der Waals surface area contributed by atoms with E-state index < -0.39 is 0 Å². The number of rotatable bonds is 3. The van der Waals surface area contributed by atoms with Gasteiger partial charge in [-0.05, 0) is 37.5 Å². The minimum Gasteiger partial charge on any atom is -0.341 e. The largest absolute Gasteiger partial charge is 0.341 e. The predicted molar refractivity (Wildman–Crippen MR) is 83.4 cm³/mol. The first kappa shape index (κ1) is 13.1. The van der Waals surface area contributed by atoms with E-state index >= 15 is 0 Å². The Balaban J connectivity index is 2.06. The lowest BCUT2D eigenvalue weighted by Gasteiger charge is -2.33. The molecular weight excluding hydrogens is 353 g/mol. The molecule has 0 fully saturated rings. The van der Waals surface area contributed by atoms with Crippen LogP contribution in [0.4, 0.5) is 0 Å². The fraction of sp³-hybridized carbons (Fsp3) is 0.429. The lowest BCUT2D eigenvalue weighted by Crippen LogP contribution is -2.42. The second kappa shape index (κ2) is 4.86. The van der Waals surface area contributed by atoms with E-state index in [1.54, 1.807) is 6.92 Å². The second-order valence-corrected chi connectivity index (χ2v) is 6.90. The number of nitrogens with one attached hydrogen (secondary N) is 2. The summed E-state index contributed by atoms with van der Waals surface area (Å²) in [4.78, 5) is 19.1. The summed E-state index contributed by atoms with van der Waals surface area (Å²) >= 11 is 2.43. The Labute approximate surface area is 125 Å². The van der Waals surface area contributed by atoms with Crippen molar-refractivity contribution in [1.29, 1.82) is 0 Å². The summed E-state index contributed by atoms with van der Waals surface area (Å²) < 4.78 is -0.183. The number of nitrogens with zero attached hydrogens (tertiary/aromatic N) is 1. The Morgan fingerprint density at radius 1 is 1.58 bits per heavy atom. The van der Waals surface area contributed by atoms with Crippen molar-refractivity contribution < 1.29 is 4.79 Å². The molecule has 3 rings (SSSR count). The topological polar surface area (TPSA) is 57.8 Å². The van der Waals surface area contributed by atoms with Crippen LogP contribution in [0.2, 0.25) is 0 Å². The monoisotopic (exact) mass is 369 g/mol. The summed E-state index contributed by atoms with van der Waals surface area (Å²) in [5.74, 6) is 0.235. The minimum atomic E-state index is -0.183. The molecule has 0 aromatic carbocycles. The molecule has 0 amide bonds. The van der Waals surface area contributed by atoms with Crippen molar-refractivity contribution in [2.75, 3.05) is 6.54 Å². The second-order valence-electron chi connectivity index (χ2n) is 5.06. The average Bonchev–Trinajstić information content (AvgIpc) is 2.78. The number of alkyl halides is 1. The predicted octanol–water partition coefficient (Wildman–Crippen LogP) is 2.67. The van der Waals surface area contributed by atoms with Gasteiger partial charge < -0.3 is 9.78 Å². The average molecular weight is 369 g/mol. The molecule has 3 heterocycles. The van der Waals surface area contributed by atoms with E-state index in [2.05, 4.69) is 43.9 Å². The first-order valence-electron chi connectivity index (χ1n) is 6.49. The molecule has 0 radical (unpaired) electrons. The number of hydrogen-bond acceptors (Lipinski definition) is 3.